The number of sulfone groups is 1. The molecule has 178 valence electrons. The molecule has 0 heterocycles. The van der Waals surface area contributed by atoms with Gasteiger partial charge in [0, 0.05) is 24.9 Å². The number of nitrogens with zero attached hydrogens (tertiary/aromatic N) is 1. The maximum atomic E-state index is 11.1. The van der Waals surface area contributed by atoms with Gasteiger partial charge in [0.1, 0.15) is 9.84 Å². The minimum Gasteiger partial charge on any atom is -0.493 e. The van der Waals surface area contributed by atoms with Crippen molar-refractivity contribution in [3.63, 3.8) is 0 Å². The van der Waals surface area contributed by atoms with E-state index in [1.165, 1.54) is 19.1 Å². The van der Waals surface area contributed by atoms with Gasteiger partial charge in [-0.15, -0.1) is 24.0 Å². The van der Waals surface area contributed by atoms with Crippen LogP contribution in [0.5, 0.6) is 11.5 Å². The number of hydrogen-bond donors (Lipinski definition) is 2. The molecule has 0 aliphatic heterocycles. The lowest BCUT2D eigenvalue weighted by Gasteiger charge is -2.19. The van der Waals surface area contributed by atoms with Gasteiger partial charge in [0.15, 0.2) is 17.5 Å². The number of nitrogens with one attached hydrogen (secondary N) is 2. The fourth-order valence-electron chi connectivity index (χ4n) is 3.21. The predicted octanol–water partition coefficient (Wildman–Crippen LogP) is 2.75. The Morgan fingerprint density at radius 1 is 1.19 bits per heavy atom. The summed E-state index contributed by atoms with van der Waals surface area (Å²) in [6, 6.07) is 5.87. The van der Waals surface area contributed by atoms with E-state index in [2.05, 4.69) is 15.6 Å². The molecule has 0 unspecified atom stereocenters. The molecule has 1 saturated carbocycles. The van der Waals surface area contributed by atoms with Gasteiger partial charge in [-0.05, 0) is 38.7 Å². The number of halogens is 1. The van der Waals surface area contributed by atoms with Crippen molar-refractivity contribution in [1.29, 1.82) is 0 Å². The van der Waals surface area contributed by atoms with Crippen LogP contribution in [0, 0.1) is 0 Å². The standard InChI is InChI=1S/C21H35N3O5S.HI/c1-4-22-21(23-12-13-28-14-15-30(3,25)26)24-16-17-8-7-11-19(27-2)20(17)29-18-9-5-6-10-18;/h7-8,11,18H,4-6,9-10,12-16H2,1-3H3,(H2,22,23,24);1H. The number of hydrogen-bond acceptors (Lipinski definition) is 6. The van der Waals surface area contributed by atoms with Gasteiger partial charge in [-0.2, -0.15) is 0 Å². The number of guanidine groups is 1. The highest BCUT2D eigenvalue weighted by molar-refractivity contribution is 14.0. The lowest BCUT2D eigenvalue weighted by atomic mass is 10.1. The number of ether oxygens (including phenoxy) is 3. The van der Waals surface area contributed by atoms with Crippen LogP contribution in [0.3, 0.4) is 0 Å². The van der Waals surface area contributed by atoms with E-state index in [9.17, 15) is 8.42 Å². The van der Waals surface area contributed by atoms with Crippen molar-refractivity contribution in [2.75, 3.05) is 45.4 Å². The molecule has 2 N–H and O–H groups in total. The topological polar surface area (TPSA) is 98.2 Å². The molecule has 0 atom stereocenters. The normalized spacial score (nSPS) is 14.7. The molecule has 8 nitrogen and oxygen atoms in total. The maximum Gasteiger partial charge on any atom is 0.191 e. The van der Waals surface area contributed by atoms with Crippen LogP contribution < -0.4 is 20.1 Å². The highest BCUT2D eigenvalue weighted by Crippen LogP contribution is 2.35. The summed E-state index contributed by atoms with van der Waals surface area (Å²) in [5.74, 6) is 2.20. The van der Waals surface area contributed by atoms with Crippen LogP contribution in [-0.4, -0.2) is 65.9 Å². The van der Waals surface area contributed by atoms with Crippen molar-refractivity contribution >= 4 is 39.8 Å². The van der Waals surface area contributed by atoms with E-state index >= 15 is 0 Å². The third kappa shape index (κ3) is 10.7. The summed E-state index contributed by atoms with van der Waals surface area (Å²) < 4.78 is 39.4. The summed E-state index contributed by atoms with van der Waals surface area (Å²) in [6.45, 7) is 4.29. The molecule has 0 bridgehead atoms. The van der Waals surface area contributed by atoms with Crippen molar-refractivity contribution in [3.05, 3.63) is 23.8 Å². The predicted molar refractivity (Wildman–Crippen MR) is 135 cm³/mol. The molecule has 1 aromatic carbocycles. The van der Waals surface area contributed by atoms with Crippen LogP contribution in [0.4, 0.5) is 0 Å². The zero-order chi connectivity index (χ0) is 21.8. The second-order valence-electron chi connectivity index (χ2n) is 7.34. The molecule has 0 radical (unpaired) electrons. The average molecular weight is 570 g/mol. The first kappa shape index (κ1) is 27.8. The largest absolute Gasteiger partial charge is 0.493 e. The Hall–Kier alpha value is -1.27. The third-order valence-corrected chi connectivity index (χ3v) is 5.66. The Morgan fingerprint density at radius 2 is 1.94 bits per heavy atom. The Labute approximate surface area is 203 Å². The summed E-state index contributed by atoms with van der Waals surface area (Å²) in [7, 11) is -1.35. The Bertz CT molecular complexity index is 783. The number of benzene rings is 1. The zero-order valence-electron chi connectivity index (χ0n) is 18.7. The minimum atomic E-state index is -3.00. The van der Waals surface area contributed by atoms with E-state index in [0.717, 1.165) is 36.4 Å². The quantitative estimate of drug-likeness (QED) is 0.173. The van der Waals surface area contributed by atoms with Crippen LogP contribution in [0.15, 0.2) is 23.2 Å². The first-order chi connectivity index (χ1) is 14.4. The van der Waals surface area contributed by atoms with Crippen LogP contribution in [-0.2, 0) is 21.1 Å². The SMILES string of the molecule is CCNC(=NCc1cccc(OC)c1OC1CCCC1)NCCOCCS(C)(=O)=O.I. The fraction of sp³-hybridized carbons (Fsp3) is 0.667. The highest BCUT2D eigenvalue weighted by Gasteiger charge is 2.20. The summed E-state index contributed by atoms with van der Waals surface area (Å²) >= 11 is 0. The van der Waals surface area contributed by atoms with Crippen molar-refractivity contribution in [2.45, 2.75) is 45.3 Å². The highest BCUT2D eigenvalue weighted by atomic mass is 127. The van der Waals surface area contributed by atoms with Crippen LogP contribution in [0.2, 0.25) is 0 Å². The van der Waals surface area contributed by atoms with Crippen LogP contribution >= 0.6 is 24.0 Å². The molecule has 1 fully saturated rings. The minimum absolute atomic E-state index is 0. The van der Waals surface area contributed by atoms with Gasteiger partial charge < -0.3 is 24.8 Å². The van der Waals surface area contributed by atoms with Crippen molar-refractivity contribution in [1.82, 2.24) is 10.6 Å². The molecule has 0 spiro atoms. The molecular formula is C21H36IN3O5S. The molecule has 0 saturated heterocycles. The first-order valence-electron chi connectivity index (χ1n) is 10.5. The molecule has 0 amide bonds. The van der Waals surface area contributed by atoms with Gasteiger partial charge in [0.25, 0.3) is 0 Å². The van der Waals surface area contributed by atoms with E-state index in [4.69, 9.17) is 14.2 Å². The molecule has 2 rings (SSSR count). The summed E-state index contributed by atoms with van der Waals surface area (Å²) in [4.78, 5) is 4.66. The maximum absolute atomic E-state index is 11.1. The van der Waals surface area contributed by atoms with E-state index in [1.54, 1.807) is 7.11 Å². The molecular weight excluding hydrogens is 533 g/mol. The summed E-state index contributed by atoms with van der Waals surface area (Å²) in [5.41, 5.74) is 0.975. The third-order valence-electron chi connectivity index (χ3n) is 4.76. The lowest BCUT2D eigenvalue weighted by Crippen LogP contribution is -2.39. The summed E-state index contributed by atoms with van der Waals surface area (Å²) in [6.07, 6.45) is 5.99. The second kappa shape index (κ2) is 14.7. The fourth-order valence-corrected chi connectivity index (χ4v) is 3.63. The van der Waals surface area contributed by atoms with Gasteiger partial charge in [-0.3, -0.25) is 0 Å². The van der Waals surface area contributed by atoms with E-state index in [1.807, 2.05) is 25.1 Å². The second-order valence-corrected chi connectivity index (χ2v) is 9.60. The van der Waals surface area contributed by atoms with Crippen molar-refractivity contribution in [3.8, 4) is 11.5 Å². The summed E-state index contributed by atoms with van der Waals surface area (Å²) in [5, 5.41) is 6.41. The smallest absolute Gasteiger partial charge is 0.191 e. The van der Waals surface area contributed by atoms with E-state index < -0.39 is 9.84 Å². The number of methoxy groups -OCH3 is 1. The number of aliphatic imine (C=N–C) groups is 1. The van der Waals surface area contributed by atoms with E-state index in [0.29, 0.717) is 25.7 Å². The van der Waals surface area contributed by atoms with Crippen LogP contribution in [0.1, 0.15) is 38.2 Å². The van der Waals surface area contributed by atoms with Crippen molar-refractivity contribution < 1.29 is 22.6 Å². The zero-order valence-corrected chi connectivity index (χ0v) is 21.8. The van der Waals surface area contributed by atoms with Crippen LogP contribution in [0.25, 0.3) is 0 Å². The Balaban J connectivity index is 0.00000480. The molecule has 1 aromatic rings. The molecule has 31 heavy (non-hydrogen) atoms. The van der Waals surface area contributed by atoms with Gasteiger partial charge >= 0.3 is 0 Å². The molecule has 10 heteroatoms. The first-order valence-corrected chi connectivity index (χ1v) is 12.6. The molecule has 1 aliphatic carbocycles. The Morgan fingerprint density at radius 3 is 2.58 bits per heavy atom. The molecule has 1 aliphatic rings. The van der Waals surface area contributed by atoms with Gasteiger partial charge in [0.2, 0.25) is 0 Å². The average Bonchev–Trinajstić information content (AvgIpc) is 3.21. The molecule has 0 aromatic heterocycles. The lowest BCUT2D eigenvalue weighted by molar-refractivity contribution is 0.154. The van der Waals surface area contributed by atoms with Gasteiger partial charge in [-0.1, -0.05) is 12.1 Å². The van der Waals surface area contributed by atoms with Gasteiger partial charge in [-0.25, -0.2) is 13.4 Å². The monoisotopic (exact) mass is 569 g/mol. The Kier molecular flexibility index (Phi) is 13.2. The van der Waals surface area contributed by atoms with E-state index in [-0.39, 0.29) is 42.4 Å². The van der Waals surface area contributed by atoms with Gasteiger partial charge in [0.05, 0.1) is 38.7 Å². The number of rotatable bonds is 12. The van der Waals surface area contributed by atoms with Crippen molar-refractivity contribution in [2.24, 2.45) is 4.99 Å². The number of para-hydroxylation sites is 1.